The highest BCUT2D eigenvalue weighted by atomic mass is 16.5. The van der Waals surface area contributed by atoms with Crippen molar-refractivity contribution in [2.45, 2.75) is 18.9 Å². The molecule has 1 fully saturated rings. The van der Waals surface area contributed by atoms with Crippen LogP contribution >= 0.6 is 0 Å². The van der Waals surface area contributed by atoms with Crippen LogP contribution in [-0.2, 0) is 0 Å². The van der Waals surface area contributed by atoms with E-state index in [0.29, 0.717) is 5.89 Å². The summed E-state index contributed by atoms with van der Waals surface area (Å²) in [6, 6.07) is 4.09. The Kier molecular flexibility index (Phi) is 2.03. The molecule has 78 valence electrons. The molecule has 0 radical (unpaired) electrons. The van der Waals surface area contributed by atoms with Crippen LogP contribution in [0.5, 0.6) is 0 Å². The number of rotatable bonds is 2. The van der Waals surface area contributed by atoms with Gasteiger partial charge >= 0.3 is 0 Å². The van der Waals surface area contributed by atoms with E-state index >= 15 is 0 Å². The molecule has 5 nitrogen and oxygen atoms in total. The third-order valence-electron chi connectivity index (χ3n) is 2.64. The van der Waals surface area contributed by atoms with Gasteiger partial charge < -0.3 is 14.8 Å². The topological polar surface area (TPSA) is 66.7 Å². The lowest BCUT2D eigenvalue weighted by atomic mass is 10.2. The molecule has 1 saturated heterocycles. The van der Waals surface area contributed by atoms with Crippen LogP contribution in [0.15, 0.2) is 22.9 Å². The van der Waals surface area contributed by atoms with Crippen molar-refractivity contribution in [3.05, 3.63) is 24.2 Å². The van der Waals surface area contributed by atoms with Crippen molar-refractivity contribution in [3.63, 3.8) is 0 Å². The normalized spacial score (nSPS) is 20.9. The summed E-state index contributed by atoms with van der Waals surface area (Å²) in [7, 11) is 0. The Hall–Kier alpha value is -1.62. The highest BCUT2D eigenvalue weighted by Crippen LogP contribution is 2.22. The van der Waals surface area contributed by atoms with Gasteiger partial charge in [0.25, 0.3) is 5.89 Å². The fraction of sp³-hybridized carbons (Fsp3) is 0.400. The summed E-state index contributed by atoms with van der Waals surface area (Å²) >= 11 is 0. The van der Waals surface area contributed by atoms with Gasteiger partial charge in [0.05, 0.1) is 6.04 Å². The lowest BCUT2D eigenvalue weighted by Crippen LogP contribution is -2.14. The molecule has 3 rings (SSSR count). The zero-order chi connectivity index (χ0) is 10.1. The van der Waals surface area contributed by atoms with E-state index in [0.717, 1.165) is 24.5 Å². The molecule has 0 unspecified atom stereocenters. The van der Waals surface area contributed by atoms with Crippen LogP contribution in [0.25, 0.3) is 11.6 Å². The Morgan fingerprint density at radius 3 is 3.20 bits per heavy atom. The predicted octanol–water partition coefficient (Wildman–Crippen LogP) is 1.49. The van der Waals surface area contributed by atoms with Crippen LogP contribution in [-0.4, -0.2) is 21.7 Å². The molecule has 1 aliphatic rings. The molecule has 0 aromatic carbocycles. The second kappa shape index (κ2) is 3.51. The monoisotopic (exact) mass is 204 g/mol. The Labute approximate surface area is 86.9 Å². The smallest absolute Gasteiger partial charge is 0.274 e. The van der Waals surface area contributed by atoms with Gasteiger partial charge in [0.2, 0.25) is 0 Å². The van der Waals surface area contributed by atoms with E-state index in [1.807, 2.05) is 18.3 Å². The van der Waals surface area contributed by atoms with Crippen LogP contribution in [0, 0.1) is 0 Å². The van der Waals surface area contributed by atoms with Crippen molar-refractivity contribution in [2.75, 3.05) is 6.54 Å². The van der Waals surface area contributed by atoms with E-state index in [1.54, 1.807) is 0 Å². The zero-order valence-corrected chi connectivity index (χ0v) is 8.23. The second-order valence-corrected chi connectivity index (χ2v) is 3.69. The molecular weight excluding hydrogens is 192 g/mol. The Morgan fingerprint density at radius 1 is 1.47 bits per heavy atom. The van der Waals surface area contributed by atoms with Crippen molar-refractivity contribution in [1.29, 1.82) is 0 Å². The summed E-state index contributed by atoms with van der Waals surface area (Å²) in [6.45, 7) is 1.04. The van der Waals surface area contributed by atoms with Crippen LogP contribution in [0.1, 0.15) is 24.7 Å². The van der Waals surface area contributed by atoms with Gasteiger partial charge in [0.1, 0.15) is 5.69 Å². The van der Waals surface area contributed by atoms with Crippen molar-refractivity contribution in [2.24, 2.45) is 0 Å². The molecule has 2 aromatic heterocycles. The number of hydrogen-bond donors (Lipinski definition) is 2. The molecule has 0 saturated carbocycles. The van der Waals surface area contributed by atoms with Crippen LogP contribution in [0.4, 0.5) is 0 Å². The average molecular weight is 204 g/mol. The van der Waals surface area contributed by atoms with E-state index in [2.05, 4.69) is 20.4 Å². The van der Waals surface area contributed by atoms with Gasteiger partial charge in [0, 0.05) is 6.20 Å². The summed E-state index contributed by atoms with van der Waals surface area (Å²) in [5.74, 6) is 1.32. The van der Waals surface area contributed by atoms with Crippen LogP contribution in [0.3, 0.4) is 0 Å². The standard InChI is InChI=1S/C10H12N4O/c1-3-7(11-5-1)9-13-10(15-14-9)8-4-2-6-12-8/h2,4,6-7,11-12H,1,3,5H2/t7-/m0/s1. The minimum Gasteiger partial charge on any atom is -0.357 e. The van der Waals surface area contributed by atoms with Gasteiger partial charge in [0.15, 0.2) is 5.82 Å². The number of H-pyrrole nitrogens is 1. The summed E-state index contributed by atoms with van der Waals surface area (Å²) in [4.78, 5) is 7.40. The Morgan fingerprint density at radius 2 is 2.47 bits per heavy atom. The quantitative estimate of drug-likeness (QED) is 0.777. The fourth-order valence-corrected chi connectivity index (χ4v) is 1.85. The molecule has 2 aromatic rings. The second-order valence-electron chi connectivity index (χ2n) is 3.69. The van der Waals surface area contributed by atoms with E-state index < -0.39 is 0 Å². The first-order valence-electron chi connectivity index (χ1n) is 5.14. The summed E-state index contributed by atoms with van der Waals surface area (Å²) in [5, 5.41) is 7.32. The molecule has 0 amide bonds. The number of aromatic amines is 1. The van der Waals surface area contributed by atoms with Crippen molar-refractivity contribution < 1.29 is 4.52 Å². The lowest BCUT2D eigenvalue weighted by Gasteiger charge is -2.01. The maximum Gasteiger partial charge on any atom is 0.274 e. The lowest BCUT2D eigenvalue weighted by molar-refractivity contribution is 0.411. The van der Waals surface area contributed by atoms with E-state index in [-0.39, 0.29) is 6.04 Å². The molecule has 5 heteroatoms. The Balaban J connectivity index is 1.87. The third-order valence-corrected chi connectivity index (χ3v) is 2.64. The van der Waals surface area contributed by atoms with Crippen LogP contribution < -0.4 is 5.32 Å². The molecule has 15 heavy (non-hydrogen) atoms. The summed E-state index contributed by atoms with van der Waals surface area (Å²) < 4.78 is 5.19. The molecule has 1 atom stereocenters. The summed E-state index contributed by atoms with van der Waals surface area (Å²) in [6.07, 6.45) is 4.10. The first-order chi connectivity index (χ1) is 7.43. The maximum atomic E-state index is 5.19. The molecule has 0 bridgehead atoms. The first-order valence-corrected chi connectivity index (χ1v) is 5.14. The van der Waals surface area contributed by atoms with Gasteiger partial charge in [-0.3, -0.25) is 0 Å². The number of hydrogen-bond acceptors (Lipinski definition) is 4. The maximum absolute atomic E-state index is 5.19. The van der Waals surface area contributed by atoms with E-state index in [9.17, 15) is 0 Å². The highest BCUT2D eigenvalue weighted by Gasteiger charge is 2.22. The molecule has 3 heterocycles. The summed E-state index contributed by atoms with van der Waals surface area (Å²) in [5.41, 5.74) is 0.867. The highest BCUT2D eigenvalue weighted by molar-refractivity contribution is 5.46. The average Bonchev–Trinajstić information content (AvgIpc) is 3.02. The zero-order valence-electron chi connectivity index (χ0n) is 8.23. The SMILES string of the molecule is c1c[nH]c(-c2nc([C@@H]3CCCN3)no2)c1. The van der Waals surface area contributed by atoms with Gasteiger partial charge in [-0.15, -0.1) is 0 Å². The molecular formula is C10H12N4O. The van der Waals surface area contributed by atoms with Crippen LogP contribution in [0.2, 0.25) is 0 Å². The third kappa shape index (κ3) is 1.55. The molecule has 0 aliphatic carbocycles. The number of aromatic nitrogens is 3. The van der Waals surface area contributed by atoms with E-state index in [4.69, 9.17) is 4.52 Å². The molecule has 1 aliphatic heterocycles. The Bertz CT molecular complexity index is 428. The van der Waals surface area contributed by atoms with Crippen molar-refractivity contribution >= 4 is 0 Å². The van der Waals surface area contributed by atoms with Crippen molar-refractivity contribution in [3.8, 4) is 11.6 Å². The fourth-order valence-electron chi connectivity index (χ4n) is 1.85. The largest absolute Gasteiger partial charge is 0.357 e. The van der Waals surface area contributed by atoms with Crippen molar-refractivity contribution in [1.82, 2.24) is 20.4 Å². The van der Waals surface area contributed by atoms with Gasteiger partial charge in [-0.05, 0) is 31.5 Å². The predicted molar refractivity (Wildman–Crippen MR) is 54.1 cm³/mol. The number of nitrogens with one attached hydrogen (secondary N) is 2. The minimum absolute atomic E-state index is 0.262. The van der Waals surface area contributed by atoms with E-state index in [1.165, 1.54) is 6.42 Å². The van der Waals surface area contributed by atoms with Gasteiger partial charge in [-0.2, -0.15) is 4.98 Å². The van der Waals surface area contributed by atoms with Gasteiger partial charge in [-0.25, -0.2) is 0 Å². The molecule has 2 N–H and O–H groups in total. The molecule has 0 spiro atoms. The number of nitrogens with zero attached hydrogens (tertiary/aromatic N) is 2. The first kappa shape index (κ1) is 8.67. The van der Waals surface area contributed by atoms with Gasteiger partial charge in [-0.1, -0.05) is 5.16 Å². The minimum atomic E-state index is 0.262.